The summed E-state index contributed by atoms with van der Waals surface area (Å²) in [6.07, 6.45) is 5.00. The van der Waals surface area contributed by atoms with Crippen LogP contribution in [0, 0.1) is 19.4 Å². The number of carbonyl (C=O) groups is 1. The van der Waals surface area contributed by atoms with Gasteiger partial charge in [-0.3, -0.25) is 0 Å². The van der Waals surface area contributed by atoms with E-state index in [1.165, 1.54) is 6.33 Å². The Bertz CT molecular complexity index is 1060. The van der Waals surface area contributed by atoms with E-state index in [9.17, 15) is 4.79 Å². The zero-order valence-electron chi connectivity index (χ0n) is 19.0. The normalized spacial score (nSPS) is 21.6. The van der Waals surface area contributed by atoms with Crippen LogP contribution in [0.1, 0.15) is 45.1 Å². The number of nitrogens with zero attached hydrogens (tertiary/aromatic N) is 4. The Kier molecular flexibility index (Phi) is 6.89. The fourth-order valence-electron chi connectivity index (χ4n) is 4.69. The lowest BCUT2D eigenvalue weighted by atomic mass is 9.92. The first kappa shape index (κ1) is 23.1. The smallest absolute Gasteiger partial charge is 0.410 e. The van der Waals surface area contributed by atoms with Gasteiger partial charge in [-0.25, -0.2) is 19.6 Å². The largest absolute Gasteiger partial charge is 0.477 e. The average Bonchev–Trinajstić information content (AvgIpc) is 3.05. The van der Waals surface area contributed by atoms with Crippen LogP contribution in [-0.4, -0.2) is 45.8 Å². The van der Waals surface area contributed by atoms with Crippen LogP contribution in [0.2, 0.25) is 5.02 Å². The highest BCUT2D eigenvalue weighted by atomic mass is 35.5. The lowest BCUT2D eigenvalue weighted by molar-refractivity contribution is 0.0335. The first-order valence-electron chi connectivity index (χ1n) is 11.2. The van der Waals surface area contributed by atoms with Gasteiger partial charge in [-0.15, -0.1) is 0 Å². The van der Waals surface area contributed by atoms with Gasteiger partial charge in [-0.1, -0.05) is 17.7 Å². The summed E-state index contributed by atoms with van der Waals surface area (Å²) < 4.78 is 11.5. The number of anilines is 2. The minimum absolute atomic E-state index is 0.109. The molecule has 1 amide bonds. The highest BCUT2D eigenvalue weighted by Gasteiger charge is 2.44. The minimum atomic E-state index is -0.192. The number of aromatic nitrogens is 2. The number of amides is 1. The maximum Gasteiger partial charge on any atom is 0.410 e. The standard InChI is InChI=1S/C24H28ClN5O3/c1-14(2)33-24(31)30-18-6-7-19(30)10-16(9-18)12-32-23-15(3)22(27-13-28-23)29-21-8-5-17(26-4)11-20(21)25/h5,8,11,13-14,16,18-19H,6-7,9-10,12H2,1-3H3,(H,27,28,29). The predicted octanol–water partition coefficient (Wildman–Crippen LogP) is 5.90. The number of halogens is 1. The highest BCUT2D eigenvalue weighted by Crippen LogP contribution is 2.39. The quantitative estimate of drug-likeness (QED) is 0.530. The molecule has 2 aromatic rings. The molecule has 1 N–H and O–H groups in total. The van der Waals surface area contributed by atoms with E-state index in [1.54, 1.807) is 18.2 Å². The average molecular weight is 470 g/mol. The molecule has 1 aromatic carbocycles. The van der Waals surface area contributed by atoms with Gasteiger partial charge in [0.15, 0.2) is 5.69 Å². The third kappa shape index (κ3) is 5.14. The molecule has 4 rings (SSSR count). The number of carbonyl (C=O) groups excluding carboxylic acids is 1. The summed E-state index contributed by atoms with van der Waals surface area (Å²) in [4.78, 5) is 26.4. The fourth-order valence-corrected chi connectivity index (χ4v) is 4.91. The van der Waals surface area contributed by atoms with Crippen molar-refractivity contribution < 1.29 is 14.3 Å². The zero-order valence-corrected chi connectivity index (χ0v) is 19.8. The third-order valence-corrected chi connectivity index (χ3v) is 6.52. The highest BCUT2D eigenvalue weighted by molar-refractivity contribution is 6.33. The molecule has 9 heteroatoms. The van der Waals surface area contributed by atoms with E-state index in [1.807, 2.05) is 25.7 Å². The summed E-state index contributed by atoms with van der Waals surface area (Å²) in [6, 6.07) is 5.50. The molecule has 33 heavy (non-hydrogen) atoms. The van der Waals surface area contributed by atoms with Crippen LogP contribution in [0.25, 0.3) is 4.85 Å². The number of nitrogens with one attached hydrogen (secondary N) is 1. The molecule has 2 atom stereocenters. The number of fused-ring (bicyclic) bond motifs is 2. The predicted molar refractivity (Wildman–Crippen MR) is 126 cm³/mol. The molecule has 2 unspecified atom stereocenters. The van der Waals surface area contributed by atoms with Crippen LogP contribution in [0.3, 0.4) is 0 Å². The summed E-state index contributed by atoms with van der Waals surface area (Å²) in [6.45, 7) is 13.3. The van der Waals surface area contributed by atoms with Crippen LogP contribution >= 0.6 is 11.6 Å². The molecule has 3 heterocycles. The molecule has 8 nitrogen and oxygen atoms in total. The van der Waals surface area contributed by atoms with Crippen LogP contribution in [0.15, 0.2) is 24.5 Å². The molecule has 0 spiro atoms. The lowest BCUT2D eigenvalue weighted by Gasteiger charge is -2.38. The molecule has 2 aliphatic heterocycles. The van der Waals surface area contributed by atoms with Crippen LogP contribution in [-0.2, 0) is 4.74 Å². The van der Waals surface area contributed by atoms with E-state index in [4.69, 9.17) is 27.6 Å². The first-order valence-corrected chi connectivity index (χ1v) is 11.6. The van der Waals surface area contributed by atoms with Gasteiger partial charge in [-0.05, 0) is 64.5 Å². The lowest BCUT2D eigenvalue weighted by Crippen LogP contribution is -2.48. The molecule has 174 valence electrons. The number of ether oxygens (including phenoxy) is 2. The fraction of sp³-hybridized carbons (Fsp3) is 0.500. The SMILES string of the molecule is [C-]#[N+]c1ccc(Nc2ncnc(OCC3CC4CCC(C3)N4C(=O)OC(C)C)c2C)c(Cl)c1. The summed E-state index contributed by atoms with van der Waals surface area (Å²) in [5, 5.41) is 3.65. The molecule has 2 saturated heterocycles. The Balaban J connectivity index is 1.38. The number of hydrogen-bond donors (Lipinski definition) is 1. The van der Waals surface area contributed by atoms with Crippen LogP contribution in [0.4, 0.5) is 22.0 Å². The van der Waals surface area contributed by atoms with Crippen molar-refractivity contribution in [3.8, 4) is 5.88 Å². The number of rotatable bonds is 6. The van der Waals surface area contributed by atoms with Crippen molar-refractivity contribution in [2.75, 3.05) is 11.9 Å². The van der Waals surface area contributed by atoms with Crippen molar-refractivity contribution in [1.82, 2.24) is 14.9 Å². The third-order valence-electron chi connectivity index (χ3n) is 6.21. The monoisotopic (exact) mass is 469 g/mol. The van der Waals surface area contributed by atoms with Gasteiger partial charge in [0.25, 0.3) is 0 Å². The van der Waals surface area contributed by atoms with E-state index < -0.39 is 0 Å². The van der Waals surface area contributed by atoms with Gasteiger partial charge < -0.3 is 19.7 Å². The topological polar surface area (TPSA) is 80.9 Å². The molecule has 2 aliphatic rings. The summed E-state index contributed by atoms with van der Waals surface area (Å²) in [7, 11) is 0. The second-order valence-electron chi connectivity index (χ2n) is 8.93. The number of piperidine rings is 1. The van der Waals surface area contributed by atoms with Crippen molar-refractivity contribution in [1.29, 1.82) is 0 Å². The van der Waals surface area contributed by atoms with Crippen molar-refractivity contribution in [2.24, 2.45) is 5.92 Å². The summed E-state index contributed by atoms with van der Waals surface area (Å²) in [5.41, 5.74) is 1.92. The van der Waals surface area contributed by atoms with E-state index in [-0.39, 0.29) is 24.3 Å². The first-order chi connectivity index (χ1) is 15.9. The molecular weight excluding hydrogens is 442 g/mol. The van der Waals surface area contributed by atoms with Gasteiger partial charge in [-0.2, -0.15) is 0 Å². The molecule has 1 aromatic heterocycles. The maximum absolute atomic E-state index is 12.5. The second kappa shape index (κ2) is 9.84. The summed E-state index contributed by atoms with van der Waals surface area (Å²) in [5.74, 6) is 1.48. The van der Waals surface area contributed by atoms with Crippen molar-refractivity contribution in [2.45, 2.75) is 64.6 Å². The van der Waals surface area contributed by atoms with Crippen molar-refractivity contribution in [3.05, 3.63) is 46.5 Å². The van der Waals surface area contributed by atoms with Crippen molar-refractivity contribution in [3.63, 3.8) is 0 Å². The zero-order chi connectivity index (χ0) is 23.5. The van der Waals surface area contributed by atoms with Gasteiger partial charge in [0.2, 0.25) is 5.88 Å². The van der Waals surface area contributed by atoms with E-state index in [0.29, 0.717) is 40.6 Å². The summed E-state index contributed by atoms with van der Waals surface area (Å²) >= 11 is 6.29. The van der Waals surface area contributed by atoms with E-state index in [2.05, 4.69) is 20.1 Å². The second-order valence-corrected chi connectivity index (χ2v) is 9.33. The van der Waals surface area contributed by atoms with Crippen molar-refractivity contribution >= 4 is 34.9 Å². The van der Waals surface area contributed by atoms with Gasteiger partial charge in [0.1, 0.15) is 12.1 Å². The minimum Gasteiger partial charge on any atom is -0.477 e. The molecule has 0 aliphatic carbocycles. The Morgan fingerprint density at radius 1 is 1.30 bits per heavy atom. The molecule has 2 bridgehead atoms. The Labute approximate surface area is 199 Å². The molecule has 2 fully saturated rings. The van der Waals surface area contributed by atoms with E-state index >= 15 is 0 Å². The maximum atomic E-state index is 12.5. The number of benzene rings is 1. The molecule has 0 radical (unpaired) electrons. The Morgan fingerprint density at radius 2 is 2.03 bits per heavy atom. The molecular formula is C24H28ClN5O3. The van der Waals surface area contributed by atoms with Gasteiger partial charge >= 0.3 is 6.09 Å². The Hall–Kier alpha value is -3.05. The van der Waals surface area contributed by atoms with E-state index in [0.717, 1.165) is 31.2 Å². The van der Waals surface area contributed by atoms with Gasteiger partial charge in [0.05, 0.1) is 35.6 Å². The van der Waals surface area contributed by atoms with Gasteiger partial charge in [0, 0.05) is 12.1 Å². The van der Waals surface area contributed by atoms with Crippen LogP contribution < -0.4 is 10.1 Å². The number of hydrogen-bond acceptors (Lipinski definition) is 6. The Morgan fingerprint density at radius 3 is 2.67 bits per heavy atom. The molecule has 0 saturated carbocycles. The van der Waals surface area contributed by atoms with Crippen LogP contribution in [0.5, 0.6) is 5.88 Å².